The highest BCUT2D eigenvalue weighted by Gasteiger charge is 2.14. The summed E-state index contributed by atoms with van der Waals surface area (Å²) in [4.78, 5) is 18.2. The van der Waals surface area contributed by atoms with Gasteiger partial charge in [-0.05, 0) is 25.5 Å². The molecular weight excluding hydrogens is 268 g/mol. The van der Waals surface area contributed by atoms with E-state index < -0.39 is 0 Å². The lowest BCUT2D eigenvalue weighted by molar-refractivity contribution is -0.126. The van der Waals surface area contributed by atoms with Crippen LogP contribution in [-0.2, 0) is 4.79 Å². The summed E-state index contributed by atoms with van der Waals surface area (Å²) < 4.78 is 0. The molecule has 1 unspecified atom stereocenters. The fourth-order valence-electron chi connectivity index (χ4n) is 1.88. The molecule has 0 aliphatic carbocycles. The quantitative estimate of drug-likeness (QED) is 0.803. The van der Waals surface area contributed by atoms with Crippen LogP contribution in [0.1, 0.15) is 29.2 Å². The van der Waals surface area contributed by atoms with E-state index in [4.69, 9.17) is 0 Å². The zero-order valence-corrected chi connectivity index (χ0v) is 12.7. The van der Waals surface area contributed by atoms with E-state index >= 15 is 0 Å². The number of hydrogen-bond acceptors (Lipinski definition) is 3. The van der Waals surface area contributed by atoms with Crippen LogP contribution in [-0.4, -0.2) is 22.8 Å². The summed E-state index contributed by atoms with van der Waals surface area (Å²) in [6, 6.07) is 10.0. The second-order valence-electron chi connectivity index (χ2n) is 4.66. The highest BCUT2D eigenvalue weighted by molar-refractivity contribution is 7.09. The number of aromatic nitrogens is 1. The third-order valence-electron chi connectivity index (χ3n) is 3.24. The zero-order chi connectivity index (χ0) is 14.5. The van der Waals surface area contributed by atoms with Crippen molar-refractivity contribution in [2.24, 2.45) is 0 Å². The van der Waals surface area contributed by atoms with Gasteiger partial charge in [0.2, 0.25) is 5.91 Å². The van der Waals surface area contributed by atoms with Gasteiger partial charge >= 0.3 is 0 Å². The van der Waals surface area contributed by atoms with Gasteiger partial charge in [0.15, 0.2) is 0 Å². The maximum Gasteiger partial charge on any atom is 0.246 e. The van der Waals surface area contributed by atoms with E-state index in [0.29, 0.717) is 0 Å². The fraction of sp³-hybridized carbons (Fsp3) is 0.250. The molecule has 0 radical (unpaired) electrons. The van der Waals surface area contributed by atoms with Crippen molar-refractivity contribution in [2.75, 3.05) is 7.05 Å². The second kappa shape index (κ2) is 6.48. The van der Waals surface area contributed by atoms with Crippen molar-refractivity contribution in [1.82, 2.24) is 9.88 Å². The van der Waals surface area contributed by atoms with Gasteiger partial charge in [0.25, 0.3) is 0 Å². The molecule has 104 valence electrons. The molecule has 0 fully saturated rings. The van der Waals surface area contributed by atoms with E-state index in [1.807, 2.05) is 56.6 Å². The fourth-order valence-corrected chi connectivity index (χ4v) is 2.46. The number of hydrogen-bond donors (Lipinski definition) is 0. The Kier molecular flexibility index (Phi) is 4.69. The van der Waals surface area contributed by atoms with Gasteiger partial charge < -0.3 is 4.90 Å². The molecule has 4 heteroatoms. The third-order valence-corrected chi connectivity index (χ3v) is 4.04. The van der Waals surface area contributed by atoms with Gasteiger partial charge in [0, 0.05) is 18.5 Å². The molecule has 0 bridgehead atoms. The standard InChI is InChI=1S/C16H18N2OS/c1-12(14-7-5-4-6-8-14)18(3)16(19)10-9-15-11-20-13(2)17-15/h4-12H,1-3H3/b10-9+. The largest absolute Gasteiger partial charge is 0.335 e. The lowest BCUT2D eigenvalue weighted by Crippen LogP contribution is -2.27. The molecule has 0 aliphatic heterocycles. The highest BCUT2D eigenvalue weighted by atomic mass is 32.1. The van der Waals surface area contributed by atoms with Crippen molar-refractivity contribution in [3.05, 3.63) is 58.1 Å². The van der Waals surface area contributed by atoms with Gasteiger partial charge in [-0.25, -0.2) is 4.98 Å². The predicted octanol–water partition coefficient (Wildman–Crippen LogP) is 3.68. The maximum atomic E-state index is 12.2. The summed E-state index contributed by atoms with van der Waals surface area (Å²) in [5.74, 6) is -0.0213. The van der Waals surface area contributed by atoms with Crippen LogP contribution in [0.2, 0.25) is 0 Å². The molecule has 1 aromatic carbocycles. The Bertz CT molecular complexity index is 604. The summed E-state index contributed by atoms with van der Waals surface area (Å²) >= 11 is 1.58. The molecule has 0 N–H and O–H groups in total. The van der Waals surface area contributed by atoms with E-state index in [1.54, 1.807) is 28.4 Å². The van der Waals surface area contributed by atoms with Gasteiger partial charge in [0.1, 0.15) is 0 Å². The molecule has 0 saturated heterocycles. The number of thiazole rings is 1. The van der Waals surface area contributed by atoms with Crippen molar-refractivity contribution in [3.8, 4) is 0 Å². The molecule has 0 spiro atoms. The highest BCUT2D eigenvalue weighted by Crippen LogP contribution is 2.18. The van der Waals surface area contributed by atoms with Crippen molar-refractivity contribution in [3.63, 3.8) is 0 Å². The number of likely N-dealkylation sites (N-methyl/N-ethyl adjacent to an activating group) is 1. The van der Waals surface area contributed by atoms with Gasteiger partial charge in [-0.1, -0.05) is 30.3 Å². The van der Waals surface area contributed by atoms with E-state index in [1.165, 1.54) is 0 Å². The lowest BCUT2D eigenvalue weighted by atomic mass is 10.1. The van der Waals surface area contributed by atoms with Crippen molar-refractivity contribution in [1.29, 1.82) is 0 Å². The molecule has 0 aliphatic rings. The number of carbonyl (C=O) groups excluding carboxylic acids is 1. The Morgan fingerprint density at radius 1 is 1.35 bits per heavy atom. The molecule has 1 aromatic heterocycles. The average molecular weight is 286 g/mol. The van der Waals surface area contributed by atoms with Crippen LogP contribution in [0.25, 0.3) is 6.08 Å². The molecule has 2 aromatic rings. The van der Waals surface area contributed by atoms with E-state index in [2.05, 4.69) is 4.98 Å². The van der Waals surface area contributed by atoms with Crippen LogP contribution in [0.15, 0.2) is 41.8 Å². The number of benzene rings is 1. The number of rotatable bonds is 4. The first-order valence-corrected chi connectivity index (χ1v) is 7.38. The van der Waals surface area contributed by atoms with Gasteiger partial charge in [0.05, 0.1) is 16.7 Å². The van der Waals surface area contributed by atoms with Crippen LogP contribution < -0.4 is 0 Å². The minimum Gasteiger partial charge on any atom is -0.335 e. The number of aryl methyl sites for hydroxylation is 1. The van der Waals surface area contributed by atoms with Gasteiger partial charge in [-0.3, -0.25) is 4.79 Å². The van der Waals surface area contributed by atoms with Crippen LogP contribution in [0.5, 0.6) is 0 Å². The molecule has 1 atom stereocenters. The summed E-state index contributed by atoms with van der Waals surface area (Å²) in [5.41, 5.74) is 1.96. The smallest absolute Gasteiger partial charge is 0.246 e. The summed E-state index contributed by atoms with van der Waals surface area (Å²) in [6.07, 6.45) is 3.34. The molecule has 1 heterocycles. The third kappa shape index (κ3) is 3.54. The molecule has 1 amide bonds. The Morgan fingerprint density at radius 3 is 2.65 bits per heavy atom. The first-order valence-electron chi connectivity index (χ1n) is 6.50. The van der Waals surface area contributed by atoms with Crippen molar-refractivity contribution < 1.29 is 4.79 Å². The van der Waals surface area contributed by atoms with Crippen molar-refractivity contribution >= 4 is 23.3 Å². The average Bonchev–Trinajstić information content (AvgIpc) is 2.89. The minimum atomic E-state index is -0.0213. The molecule has 3 nitrogen and oxygen atoms in total. The van der Waals surface area contributed by atoms with Gasteiger partial charge in [-0.2, -0.15) is 0 Å². The first kappa shape index (κ1) is 14.5. The monoisotopic (exact) mass is 286 g/mol. The molecule has 20 heavy (non-hydrogen) atoms. The summed E-state index contributed by atoms with van der Waals surface area (Å²) in [5, 5.41) is 2.95. The maximum absolute atomic E-state index is 12.2. The van der Waals surface area contributed by atoms with E-state index in [-0.39, 0.29) is 11.9 Å². The minimum absolute atomic E-state index is 0.0213. The number of carbonyl (C=O) groups is 1. The second-order valence-corrected chi connectivity index (χ2v) is 5.72. The first-order chi connectivity index (χ1) is 9.58. The summed E-state index contributed by atoms with van der Waals surface area (Å²) in [6.45, 7) is 3.97. The normalized spacial score (nSPS) is 12.6. The SMILES string of the molecule is Cc1nc(/C=C/C(=O)N(C)C(C)c2ccccc2)cs1. The molecular formula is C16H18N2OS. The van der Waals surface area contributed by atoms with Crippen LogP contribution in [0.3, 0.4) is 0 Å². The Labute approximate surface area is 123 Å². The van der Waals surface area contributed by atoms with Gasteiger partial charge in [-0.15, -0.1) is 11.3 Å². The van der Waals surface area contributed by atoms with E-state index in [9.17, 15) is 4.79 Å². The van der Waals surface area contributed by atoms with Crippen molar-refractivity contribution in [2.45, 2.75) is 19.9 Å². The number of amides is 1. The Balaban J connectivity index is 2.03. The molecule has 0 saturated carbocycles. The predicted molar refractivity (Wildman–Crippen MR) is 83.5 cm³/mol. The Morgan fingerprint density at radius 2 is 2.05 bits per heavy atom. The molecule has 2 rings (SSSR count). The van der Waals surface area contributed by atoms with E-state index in [0.717, 1.165) is 16.3 Å². The number of nitrogens with zero attached hydrogens (tertiary/aromatic N) is 2. The lowest BCUT2D eigenvalue weighted by Gasteiger charge is -2.24. The topological polar surface area (TPSA) is 33.2 Å². The summed E-state index contributed by atoms with van der Waals surface area (Å²) in [7, 11) is 1.82. The van der Waals surface area contributed by atoms with Crippen LogP contribution in [0, 0.1) is 6.92 Å². The zero-order valence-electron chi connectivity index (χ0n) is 11.9. The van der Waals surface area contributed by atoms with Crippen LogP contribution in [0.4, 0.5) is 0 Å². The Hall–Kier alpha value is -1.94. The van der Waals surface area contributed by atoms with Crippen LogP contribution >= 0.6 is 11.3 Å².